The number of rotatable bonds is 5. The Bertz CT molecular complexity index is 455. The van der Waals surface area contributed by atoms with Gasteiger partial charge in [-0.1, -0.05) is 43.2 Å². The van der Waals surface area contributed by atoms with Gasteiger partial charge < -0.3 is 15.7 Å². The number of amides is 2. The van der Waals surface area contributed by atoms with Gasteiger partial charge in [0.2, 0.25) is 0 Å². The Labute approximate surface area is 118 Å². The molecule has 0 aliphatic heterocycles. The molecule has 2 amide bonds. The van der Waals surface area contributed by atoms with Gasteiger partial charge in [-0.2, -0.15) is 0 Å². The van der Waals surface area contributed by atoms with Gasteiger partial charge in [-0.15, -0.1) is 0 Å². The van der Waals surface area contributed by atoms with Crippen molar-refractivity contribution in [2.45, 2.75) is 44.2 Å². The lowest BCUT2D eigenvalue weighted by Gasteiger charge is -2.18. The van der Waals surface area contributed by atoms with Crippen molar-refractivity contribution >= 4 is 12.0 Å². The summed E-state index contributed by atoms with van der Waals surface area (Å²) >= 11 is 0. The first kappa shape index (κ1) is 14.4. The molecule has 1 saturated carbocycles. The van der Waals surface area contributed by atoms with Crippen LogP contribution in [0.4, 0.5) is 4.79 Å². The van der Waals surface area contributed by atoms with Gasteiger partial charge in [0, 0.05) is 12.5 Å². The normalized spacial score (nSPS) is 16.6. The fraction of sp³-hybridized carbons (Fsp3) is 0.467. The average Bonchev–Trinajstić information content (AvgIpc) is 2.92. The maximum atomic E-state index is 11.8. The molecule has 0 bridgehead atoms. The molecule has 1 atom stereocenters. The zero-order valence-corrected chi connectivity index (χ0v) is 11.3. The van der Waals surface area contributed by atoms with Gasteiger partial charge in [-0.3, -0.25) is 0 Å². The van der Waals surface area contributed by atoms with E-state index in [1.54, 1.807) is 0 Å². The van der Waals surface area contributed by atoms with E-state index in [1.165, 1.54) is 0 Å². The molecule has 0 unspecified atom stereocenters. The lowest BCUT2D eigenvalue weighted by atomic mass is 10.1. The molecule has 20 heavy (non-hydrogen) atoms. The molecule has 5 heteroatoms. The molecule has 1 aromatic rings. The number of hydrogen-bond donors (Lipinski definition) is 3. The summed E-state index contributed by atoms with van der Waals surface area (Å²) in [6, 6.07) is 8.18. The maximum Gasteiger partial charge on any atom is 0.326 e. The van der Waals surface area contributed by atoms with Crippen LogP contribution < -0.4 is 10.6 Å². The highest BCUT2D eigenvalue weighted by molar-refractivity contribution is 5.82. The molecule has 1 aliphatic carbocycles. The smallest absolute Gasteiger partial charge is 0.326 e. The fourth-order valence-electron chi connectivity index (χ4n) is 2.51. The van der Waals surface area contributed by atoms with Gasteiger partial charge in [0.1, 0.15) is 6.04 Å². The van der Waals surface area contributed by atoms with Crippen LogP contribution in [0, 0.1) is 0 Å². The highest BCUT2D eigenvalue weighted by Gasteiger charge is 2.23. The van der Waals surface area contributed by atoms with Crippen molar-refractivity contribution in [3.63, 3.8) is 0 Å². The molecule has 3 N–H and O–H groups in total. The SMILES string of the molecule is O=C(NC1CCCC1)N[C@H](Cc1ccccc1)C(=O)O. The lowest BCUT2D eigenvalue weighted by molar-refractivity contribution is -0.139. The standard InChI is InChI=1S/C15H20N2O3/c18-14(19)13(10-11-6-2-1-3-7-11)17-15(20)16-12-8-4-5-9-12/h1-3,6-7,12-13H,4-5,8-10H2,(H,18,19)(H2,16,17,20)/t13-/m1/s1. The van der Waals surface area contributed by atoms with E-state index in [1.807, 2.05) is 30.3 Å². The van der Waals surface area contributed by atoms with E-state index in [4.69, 9.17) is 0 Å². The second kappa shape index (κ2) is 6.93. The maximum absolute atomic E-state index is 11.8. The second-order valence-electron chi connectivity index (χ2n) is 5.18. The van der Waals surface area contributed by atoms with Crippen molar-refractivity contribution in [3.05, 3.63) is 35.9 Å². The van der Waals surface area contributed by atoms with Gasteiger partial charge in [0.15, 0.2) is 0 Å². The Morgan fingerprint density at radius 1 is 1.20 bits per heavy atom. The molecule has 5 nitrogen and oxygen atoms in total. The van der Waals surface area contributed by atoms with E-state index in [0.717, 1.165) is 31.2 Å². The summed E-state index contributed by atoms with van der Waals surface area (Å²) in [7, 11) is 0. The second-order valence-corrected chi connectivity index (χ2v) is 5.18. The molecular formula is C15H20N2O3. The van der Waals surface area contributed by atoms with Crippen LogP contribution in [0.15, 0.2) is 30.3 Å². The van der Waals surface area contributed by atoms with Gasteiger partial charge in [0.05, 0.1) is 0 Å². The number of nitrogens with one attached hydrogen (secondary N) is 2. The lowest BCUT2D eigenvalue weighted by Crippen LogP contribution is -2.49. The molecule has 1 aliphatic rings. The first-order valence-electron chi connectivity index (χ1n) is 6.99. The number of aliphatic carboxylic acids is 1. The number of carboxylic acid groups (broad SMARTS) is 1. The summed E-state index contributed by atoms with van der Waals surface area (Å²) in [4.78, 5) is 23.1. The van der Waals surface area contributed by atoms with Crippen molar-refractivity contribution in [2.24, 2.45) is 0 Å². The first-order valence-corrected chi connectivity index (χ1v) is 6.99. The molecule has 0 heterocycles. The van der Waals surface area contributed by atoms with E-state index in [-0.39, 0.29) is 18.5 Å². The van der Waals surface area contributed by atoms with Crippen LogP contribution in [0.25, 0.3) is 0 Å². The van der Waals surface area contributed by atoms with Gasteiger partial charge in [-0.25, -0.2) is 9.59 Å². The Balaban J connectivity index is 1.88. The number of urea groups is 1. The van der Waals surface area contributed by atoms with Gasteiger partial charge >= 0.3 is 12.0 Å². The van der Waals surface area contributed by atoms with E-state index < -0.39 is 12.0 Å². The average molecular weight is 276 g/mol. The van der Waals surface area contributed by atoms with Crippen LogP contribution >= 0.6 is 0 Å². The summed E-state index contributed by atoms with van der Waals surface area (Å²) in [5.74, 6) is -1.02. The number of carbonyl (C=O) groups is 2. The van der Waals surface area contributed by atoms with Crippen molar-refractivity contribution in [1.29, 1.82) is 0 Å². The minimum Gasteiger partial charge on any atom is -0.480 e. The fourth-order valence-corrected chi connectivity index (χ4v) is 2.51. The van der Waals surface area contributed by atoms with Crippen molar-refractivity contribution < 1.29 is 14.7 Å². The molecule has 1 fully saturated rings. The first-order chi connectivity index (χ1) is 9.65. The van der Waals surface area contributed by atoms with Crippen LogP contribution in [0.1, 0.15) is 31.2 Å². The summed E-state index contributed by atoms with van der Waals surface area (Å²) in [5, 5.41) is 14.6. The van der Waals surface area contributed by atoms with Gasteiger partial charge in [-0.05, 0) is 18.4 Å². The third kappa shape index (κ3) is 4.26. The molecule has 0 aromatic heterocycles. The summed E-state index contributed by atoms with van der Waals surface area (Å²) in [5.41, 5.74) is 0.890. The Morgan fingerprint density at radius 2 is 1.85 bits per heavy atom. The number of carboxylic acids is 1. The monoisotopic (exact) mass is 276 g/mol. The van der Waals surface area contributed by atoms with Gasteiger partial charge in [0.25, 0.3) is 0 Å². The summed E-state index contributed by atoms with van der Waals surface area (Å²) in [6.45, 7) is 0. The van der Waals surface area contributed by atoms with E-state index in [9.17, 15) is 14.7 Å². The highest BCUT2D eigenvalue weighted by atomic mass is 16.4. The van der Waals surface area contributed by atoms with E-state index in [2.05, 4.69) is 10.6 Å². The van der Waals surface area contributed by atoms with Crippen LogP contribution in [0.5, 0.6) is 0 Å². The summed E-state index contributed by atoms with van der Waals surface area (Å²) < 4.78 is 0. The molecule has 2 rings (SSSR count). The molecule has 108 valence electrons. The predicted octanol–water partition coefficient (Wildman–Crippen LogP) is 1.92. The van der Waals surface area contributed by atoms with Crippen LogP contribution in [-0.2, 0) is 11.2 Å². The van der Waals surface area contributed by atoms with E-state index >= 15 is 0 Å². The zero-order chi connectivity index (χ0) is 14.4. The van der Waals surface area contributed by atoms with Crippen molar-refractivity contribution in [1.82, 2.24) is 10.6 Å². The quantitative estimate of drug-likeness (QED) is 0.769. The minimum absolute atomic E-state index is 0.182. The number of carbonyl (C=O) groups excluding carboxylic acids is 1. The Morgan fingerprint density at radius 3 is 2.45 bits per heavy atom. The van der Waals surface area contributed by atoms with Crippen LogP contribution in [0.3, 0.4) is 0 Å². The third-order valence-corrected chi connectivity index (χ3v) is 3.58. The number of benzene rings is 1. The largest absolute Gasteiger partial charge is 0.480 e. The Hall–Kier alpha value is -2.04. The Kier molecular flexibility index (Phi) is 4.98. The van der Waals surface area contributed by atoms with Crippen molar-refractivity contribution in [2.75, 3.05) is 0 Å². The minimum atomic E-state index is -1.02. The van der Waals surface area contributed by atoms with Crippen LogP contribution in [0.2, 0.25) is 0 Å². The van der Waals surface area contributed by atoms with E-state index in [0.29, 0.717) is 0 Å². The molecule has 0 spiro atoms. The van der Waals surface area contributed by atoms with Crippen molar-refractivity contribution in [3.8, 4) is 0 Å². The summed E-state index contributed by atoms with van der Waals surface area (Å²) in [6.07, 6.45) is 4.48. The third-order valence-electron chi connectivity index (χ3n) is 3.58. The highest BCUT2D eigenvalue weighted by Crippen LogP contribution is 2.17. The molecular weight excluding hydrogens is 256 g/mol. The predicted molar refractivity (Wildman–Crippen MR) is 75.5 cm³/mol. The molecule has 0 saturated heterocycles. The zero-order valence-electron chi connectivity index (χ0n) is 11.3. The molecule has 1 aromatic carbocycles. The molecule has 0 radical (unpaired) electrons. The van der Waals surface area contributed by atoms with Crippen LogP contribution in [-0.4, -0.2) is 29.2 Å². The topological polar surface area (TPSA) is 78.4 Å². The number of hydrogen-bond acceptors (Lipinski definition) is 2.